The normalized spacial score (nSPS) is 12.9. The van der Waals surface area contributed by atoms with Crippen LogP contribution in [0.15, 0.2) is 54.6 Å². The van der Waals surface area contributed by atoms with Gasteiger partial charge in [0.25, 0.3) is 0 Å². The summed E-state index contributed by atoms with van der Waals surface area (Å²) in [6.07, 6.45) is 6.72. The molecule has 4 rings (SSSR count). The highest BCUT2D eigenvalue weighted by molar-refractivity contribution is 5.79. The van der Waals surface area contributed by atoms with Gasteiger partial charge in [0, 0.05) is 30.6 Å². The number of aryl methyl sites for hydroxylation is 2. The fourth-order valence-corrected chi connectivity index (χ4v) is 4.51. The third kappa shape index (κ3) is 6.02. The van der Waals surface area contributed by atoms with Crippen molar-refractivity contribution in [2.24, 2.45) is 0 Å². The van der Waals surface area contributed by atoms with Crippen LogP contribution in [0.5, 0.6) is 0 Å². The SMILES string of the molecule is CCOC(=O)CCCCCCN1CCCc2nc(-c3ccccc3)c(-c3ccc(C)cc3)nc21. The molecule has 0 saturated heterocycles. The van der Waals surface area contributed by atoms with Gasteiger partial charge in [-0.05, 0) is 39.5 Å². The van der Waals surface area contributed by atoms with E-state index in [1.165, 1.54) is 5.56 Å². The Morgan fingerprint density at radius 3 is 2.38 bits per heavy atom. The molecule has 0 amide bonds. The van der Waals surface area contributed by atoms with Crippen LogP contribution in [0.4, 0.5) is 5.82 Å². The molecule has 178 valence electrons. The number of rotatable bonds is 10. The van der Waals surface area contributed by atoms with Crippen molar-refractivity contribution >= 4 is 11.8 Å². The van der Waals surface area contributed by atoms with Gasteiger partial charge in [0.2, 0.25) is 0 Å². The van der Waals surface area contributed by atoms with Gasteiger partial charge >= 0.3 is 5.97 Å². The number of benzene rings is 2. The molecule has 0 saturated carbocycles. The quantitative estimate of drug-likeness (QED) is 0.261. The molecule has 34 heavy (non-hydrogen) atoms. The summed E-state index contributed by atoms with van der Waals surface area (Å²) in [6, 6.07) is 19.0. The van der Waals surface area contributed by atoms with Crippen molar-refractivity contribution in [2.75, 3.05) is 24.6 Å². The van der Waals surface area contributed by atoms with Crippen molar-refractivity contribution in [1.82, 2.24) is 9.97 Å². The van der Waals surface area contributed by atoms with Crippen molar-refractivity contribution in [1.29, 1.82) is 0 Å². The molecule has 0 aliphatic carbocycles. The second-order valence-corrected chi connectivity index (χ2v) is 8.98. The van der Waals surface area contributed by atoms with Crippen LogP contribution in [0.1, 0.15) is 56.7 Å². The number of ether oxygens (including phenoxy) is 1. The molecule has 0 N–H and O–H groups in total. The van der Waals surface area contributed by atoms with E-state index in [1.807, 2.05) is 13.0 Å². The molecule has 0 spiro atoms. The number of hydrogen-bond acceptors (Lipinski definition) is 5. The topological polar surface area (TPSA) is 55.3 Å². The summed E-state index contributed by atoms with van der Waals surface area (Å²) < 4.78 is 5.02. The largest absolute Gasteiger partial charge is 0.466 e. The maximum Gasteiger partial charge on any atom is 0.305 e. The number of unbranched alkanes of at least 4 members (excludes halogenated alkanes) is 3. The first-order chi connectivity index (χ1) is 16.7. The van der Waals surface area contributed by atoms with Gasteiger partial charge in [-0.2, -0.15) is 0 Å². The molecule has 2 aromatic carbocycles. The molecular formula is C29H35N3O2. The van der Waals surface area contributed by atoms with Crippen LogP contribution in [0.3, 0.4) is 0 Å². The van der Waals surface area contributed by atoms with Crippen LogP contribution in [0.2, 0.25) is 0 Å². The number of carbonyl (C=O) groups is 1. The van der Waals surface area contributed by atoms with Gasteiger partial charge < -0.3 is 9.64 Å². The molecule has 0 atom stereocenters. The highest BCUT2D eigenvalue weighted by Gasteiger charge is 2.23. The van der Waals surface area contributed by atoms with E-state index in [1.54, 1.807) is 0 Å². The highest BCUT2D eigenvalue weighted by Crippen LogP contribution is 2.34. The van der Waals surface area contributed by atoms with Crippen molar-refractivity contribution in [2.45, 2.75) is 58.8 Å². The van der Waals surface area contributed by atoms with E-state index in [0.29, 0.717) is 13.0 Å². The Morgan fingerprint density at radius 1 is 0.912 bits per heavy atom. The van der Waals surface area contributed by atoms with Gasteiger partial charge in [-0.15, -0.1) is 0 Å². The Bertz CT molecular complexity index is 1080. The van der Waals surface area contributed by atoms with Gasteiger partial charge in [-0.3, -0.25) is 4.79 Å². The average Bonchev–Trinajstić information content (AvgIpc) is 2.86. The lowest BCUT2D eigenvalue weighted by molar-refractivity contribution is -0.143. The lowest BCUT2D eigenvalue weighted by Gasteiger charge is -2.30. The number of anilines is 1. The van der Waals surface area contributed by atoms with Crippen LogP contribution in [0.25, 0.3) is 22.5 Å². The molecule has 1 aliphatic rings. The minimum atomic E-state index is -0.0828. The predicted molar refractivity (Wildman–Crippen MR) is 138 cm³/mol. The lowest BCUT2D eigenvalue weighted by atomic mass is 10.0. The first-order valence-electron chi connectivity index (χ1n) is 12.6. The predicted octanol–water partition coefficient (Wildman–Crippen LogP) is 6.39. The van der Waals surface area contributed by atoms with Crippen LogP contribution >= 0.6 is 0 Å². The molecule has 2 heterocycles. The van der Waals surface area contributed by atoms with E-state index >= 15 is 0 Å². The highest BCUT2D eigenvalue weighted by atomic mass is 16.5. The molecule has 1 aromatic heterocycles. The maximum atomic E-state index is 11.5. The number of carbonyl (C=O) groups excluding carboxylic acids is 1. The number of nitrogens with zero attached hydrogens (tertiary/aromatic N) is 3. The van der Waals surface area contributed by atoms with Crippen molar-refractivity contribution in [3.63, 3.8) is 0 Å². The number of hydrogen-bond donors (Lipinski definition) is 0. The minimum absolute atomic E-state index is 0.0828. The average molecular weight is 458 g/mol. The molecule has 5 nitrogen and oxygen atoms in total. The Morgan fingerprint density at radius 2 is 1.62 bits per heavy atom. The van der Waals surface area contributed by atoms with E-state index in [-0.39, 0.29) is 5.97 Å². The zero-order valence-electron chi connectivity index (χ0n) is 20.4. The van der Waals surface area contributed by atoms with Crippen molar-refractivity contribution in [3.8, 4) is 22.5 Å². The minimum Gasteiger partial charge on any atom is -0.466 e. The maximum absolute atomic E-state index is 11.5. The van der Waals surface area contributed by atoms with Crippen LogP contribution in [-0.2, 0) is 16.0 Å². The molecule has 1 aliphatic heterocycles. The summed E-state index contributed by atoms with van der Waals surface area (Å²) in [5, 5.41) is 0. The third-order valence-corrected chi connectivity index (χ3v) is 6.32. The molecule has 0 fully saturated rings. The molecule has 0 radical (unpaired) electrons. The van der Waals surface area contributed by atoms with Gasteiger partial charge in [-0.25, -0.2) is 9.97 Å². The van der Waals surface area contributed by atoms with E-state index in [9.17, 15) is 4.79 Å². The summed E-state index contributed by atoms with van der Waals surface area (Å²) in [5.74, 6) is 0.952. The second kappa shape index (κ2) is 11.8. The first-order valence-corrected chi connectivity index (χ1v) is 12.6. The number of esters is 1. The van der Waals surface area contributed by atoms with E-state index in [4.69, 9.17) is 14.7 Å². The van der Waals surface area contributed by atoms with Gasteiger partial charge in [0.1, 0.15) is 0 Å². The Balaban J connectivity index is 1.51. The molecule has 0 unspecified atom stereocenters. The third-order valence-electron chi connectivity index (χ3n) is 6.32. The zero-order chi connectivity index (χ0) is 23.8. The van der Waals surface area contributed by atoms with Crippen molar-refractivity contribution < 1.29 is 9.53 Å². The van der Waals surface area contributed by atoms with E-state index in [0.717, 1.165) is 85.6 Å². The van der Waals surface area contributed by atoms with Gasteiger partial charge in [0.05, 0.1) is 23.7 Å². The summed E-state index contributed by atoms with van der Waals surface area (Å²) in [7, 11) is 0. The molecular weight excluding hydrogens is 422 g/mol. The Kier molecular flexibility index (Phi) is 8.29. The monoisotopic (exact) mass is 457 g/mol. The van der Waals surface area contributed by atoms with Gasteiger partial charge in [0.15, 0.2) is 5.82 Å². The summed E-state index contributed by atoms with van der Waals surface area (Å²) in [6.45, 7) is 6.41. The summed E-state index contributed by atoms with van der Waals surface area (Å²) >= 11 is 0. The van der Waals surface area contributed by atoms with Crippen molar-refractivity contribution in [3.05, 3.63) is 65.9 Å². The Labute approximate surface area is 203 Å². The molecule has 5 heteroatoms. The molecule has 3 aromatic rings. The van der Waals surface area contributed by atoms with E-state index in [2.05, 4.69) is 60.4 Å². The molecule has 0 bridgehead atoms. The lowest BCUT2D eigenvalue weighted by Crippen LogP contribution is -2.32. The summed E-state index contributed by atoms with van der Waals surface area (Å²) in [5.41, 5.74) is 6.45. The summed E-state index contributed by atoms with van der Waals surface area (Å²) in [4.78, 5) is 24.3. The van der Waals surface area contributed by atoms with Crippen LogP contribution < -0.4 is 4.90 Å². The standard InChI is InChI=1S/C29H35N3O2/c1-3-34-26(33)15-9-4-5-10-20-32-21-11-14-25-29(32)31-28(24-18-16-22(2)17-19-24)27(30-25)23-12-7-6-8-13-23/h6-8,12-13,16-19H,3-5,9-11,14-15,20-21H2,1-2H3. The van der Waals surface area contributed by atoms with Crippen LogP contribution in [0, 0.1) is 6.92 Å². The first kappa shape index (κ1) is 23.9. The number of aromatic nitrogens is 2. The van der Waals surface area contributed by atoms with E-state index < -0.39 is 0 Å². The Hall–Kier alpha value is -3.21. The fraction of sp³-hybridized carbons (Fsp3) is 0.414. The smallest absolute Gasteiger partial charge is 0.305 e. The zero-order valence-corrected chi connectivity index (χ0v) is 20.4. The number of fused-ring (bicyclic) bond motifs is 1. The fourth-order valence-electron chi connectivity index (χ4n) is 4.51. The van der Waals surface area contributed by atoms with Gasteiger partial charge in [-0.1, -0.05) is 73.0 Å². The second-order valence-electron chi connectivity index (χ2n) is 8.98. The van der Waals surface area contributed by atoms with Crippen LogP contribution in [-0.4, -0.2) is 35.6 Å².